The van der Waals surface area contributed by atoms with Gasteiger partial charge in [-0.2, -0.15) is 5.10 Å². The first-order valence-corrected chi connectivity index (χ1v) is 6.92. The molecule has 3 heteroatoms. The topological polar surface area (TPSA) is 17.8 Å². The van der Waals surface area contributed by atoms with Crippen LogP contribution >= 0.6 is 15.9 Å². The maximum atomic E-state index is 4.51. The van der Waals surface area contributed by atoms with Crippen molar-refractivity contribution in [3.8, 4) is 11.1 Å². The van der Waals surface area contributed by atoms with Gasteiger partial charge in [-0.25, -0.2) is 0 Å². The Kier molecular flexibility index (Phi) is 3.02. The van der Waals surface area contributed by atoms with Crippen molar-refractivity contribution in [2.45, 2.75) is 31.7 Å². The van der Waals surface area contributed by atoms with Gasteiger partial charge in [0.2, 0.25) is 0 Å². The average Bonchev–Trinajstić information content (AvgIpc) is 3.00. The van der Waals surface area contributed by atoms with Crippen molar-refractivity contribution in [3.63, 3.8) is 0 Å². The molecule has 0 atom stereocenters. The first kappa shape index (κ1) is 11.0. The number of hydrogen-bond acceptors (Lipinski definition) is 1. The van der Waals surface area contributed by atoms with Gasteiger partial charge in [-0.05, 0) is 30.5 Å². The minimum Gasteiger partial charge on any atom is -0.269 e. The smallest absolute Gasteiger partial charge is 0.0568 e. The molecular weight excluding hydrogens is 276 g/mol. The summed E-state index contributed by atoms with van der Waals surface area (Å²) in [6.07, 6.45) is 9.39. The lowest BCUT2D eigenvalue weighted by atomic mass is 10.1. The van der Waals surface area contributed by atoms with E-state index >= 15 is 0 Å². The second-order valence-electron chi connectivity index (χ2n) is 4.66. The van der Waals surface area contributed by atoms with E-state index in [9.17, 15) is 0 Å². The van der Waals surface area contributed by atoms with Crippen molar-refractivity contribution in [3.05, 3.63) is 41.1 Å². The molecule has 0 bridgehead atoms. The molecule has 88 valence electrons. The predicted octanol–water partition coefficient (Wildman–Crippen LogP) is 4.43. The van der Waals surface area contributed by atoms with Crippen molar-refractivity contribution in [1.29, 1.82) is 0 Å². The highest BCUT2D eigenvalue weighted by atomic mass is 79.9. The molecule has 3 rings (SSSR count). The molecule has 0 radical (unpaired) electrons. The third kappa shape index (κ3) is 2.29. The zero-order chi connectivity index (χ0) is 11.7. The van der Waals surface area contributed by atoms with Crippen molar-refractivity contribution in [2.75, 3.05) is 0 Å². The van der Waals surface area contributed by atoms with Gasteiger partial charge in [-0.1, -0.05) is 40.9 Å². The van der Waals surface area contributed by atoms with Gasteiger partial charge in [0.1, 0.15) is 0 Å². The molecular formula is C14H15BrN2. The Labute approximate surface area is 110 Å². The van der Waals surface area contributed by atoms with Crippen LogP contribution in [0.5, 0.6) is 0 Å². The van der Waals surface area contributed by atoms with Crippen molar-refractivity contribution in [1.82, 2.24) is 9.78 Å². The summed E-state index contributed by atoms with van der Waals surface area (Å²) in [4.78, 5) is 0. The lowest BCUT2D eigenvalue weighted by molar-refractivity contribution is 0.467. The zero-order valence-corrected chi connectivity index (χ0v) is 11.2. The third-order valence-corrected chi connectivity index (χ3v) is 3.95. The molecule has 0 saturated heterocycles. The molecule has 2 nitrogen and oxygen atoms in total. The largest absolute Gasteiger partial charge is 0.269 e. The number of rotatable bonds is 2. The van der Waals surface area contributed by atoms with Gasteiger partial charge >= 0.3 is 0 Å². The maximum absolute atomic E-state index is 4.51. The van der Waals surface area contributed by atoms with Gasteiger partial charge in [0.15, 0.2) is 0 Å². The van der Waals surface area contributed by atoms with Crippen LogP contribution in [0.1, 0.15) is 31.7 Å². The Bertz CT molecular complexity index is 512. The van der Waals surface area contributed by atoms with Crippen LogP contribution in [0.25, 0.3) is 11.1 Å². The Morgan fingerprint density at radius 3 is 2.76 bits per heavy atom. The van der Waals surface area contributed by atoms with E-state index in [4.69, 9.17) is 0 Å². The number of aromatic nitrogens is 2. The first-order chi connectivity index (χ1) is 8.33. The van der Waals surface area contributed by atoms with E-state index in [1.54, 1.807) is 0 Å². The summed E-state index contributed by atoms with van der Waals surface area (Å²) < 4.78 is 3.26. The predicted molar refractivity (Wildman–Crippen MR) is 72.9 cm³/mol. The van der Waals surface area contributed by atoms with E-state index in [1.165, 1.54) is 36.8 Å². The number of hydrogen-bond donors (Lipinski definition) is 0. The molecule has 1 aliphatic carbocycles. The number of benzene rings is 1. The molecule has 1 aliphatic rings. The SMILES string of the molecule is Brc1cccc(-c2cnn(C3CCCC3)c2)c1. The second-order valence-corrected chi connectivity index (χ2v) is 5.57. The first-order valence-electron chi connectivity index (χ1n) is 6.13. The fraction of sp³-hybridized carbons (Fsp3) is 0.357. The maximum Gasteiger partial charge on any atom is 0.0568 e. The molecule has 1 fully saturated rings. The number of halogens is 1. The van der Waals surface area contributed by atoms with Crippen LogP contribution in [0.2, 0.25) is 0 Å². The molecule has 0 aliphatic heterocycles. The highest BCUT2D eigenvalue weighted by Crippen LogP contribution is 2.30. The highest BCUT2D eigenvalue weighted by Gasteiger charge is 2.17. The molecule has 1 aromatic carbocycles. The van der Waals surface area contributed by atoms with Gasteiger partial charge in [0.05, 0.1) is 12.2 Å². The van der Waals surface area contributed by atoms with E-state index in [0.717, 1.165) is 4.47 Å². The van der Waals surface area contributed by atoms with E-state index in [2.05, 4.69) is 50.1 Å². The fourth-order valence-electron chi connectivity index (χ4n) is 2.52. The molecule has 1 heterocycles. The van der Waals surface area contributed by atoms with Crippen molar-refractivity contribution >= 4 is 15.9 Å². The van der Waals surface area contributed by atoms with Crippen LogP contribution in [0.15, 0.2) is 41.1 Å². The van der Waals surface area contributed by atoms with Gasteiger partial charge in [-0.15, -0.1) is 0 Å². The summed E-state index contributed by atoms with van der Waals surface area (Å²) in [5.41, 5.74) is 2.43. The molecule has 0 spiro atoms. The lowest BCUT2D eigenvalue weighted by Gasteiger charge is -2.08. The van der Waals surface area contributed by atoms with Crippen LogP contribution in [-0.2, 0) is 0 Å². The van der Waals surface area contributed by atoms with Gasteiger partial charge in [-0.3, -0.25) is 4.68 Å². The fourth-order valence-corrected chi connectivity index (χ4v) is 2.92. The summed E-state index contributed by atoms with van der Waals surface area (Å²) in [6, 6.07) is 8.99. The summed E-state index contributed by atoms with van der Waals surface area (Å²) in [7, 11) is 0. The van der Waals surface area contributed by atoms with Gasteiger partial charge < -0.3 is 0 Å². The Hall–Kier alpha value is -1.09. The minimum atomic E-state index is 0.621. The van der Waals surface area contributed by atoms with Crippen molar-refractivity contribution in [2.24, 2.45) is 0 Å². The van der Waals surface area contributed by atoms with Gasteiger partial charge in [0.25, 0.3) is 0 Å². The van der Waals surface area contributed by atoms with Crippen LogP contribution in [0.4, 0.5) is 0 Å². The van der Waals surface area contributed by atoms with E-state index in [0.29, 0.717) is 6.04 Å². The molecule has 1 saturated carbocycles. The van der Waals surface area contributed by atoms with Crippen LogP contribution in [0.3, 0.4) is 0 Å². The summed E-state index contributed by atoms with van der Waals surface area (Å²) in [5.74, 6) is 0. The monoisotopic (exact) mass is 290 g/mol. The molecule has 2 aromatic rings. The summed E-state index contributed by atoms with van der Waals surface area (Å²) >= 11 is 3.51. The quantitative estimate of drug-likeness (QED) is 0.800. The Balaban J connectivity index is 1.89. The van der Waals surface area contributed by atoms with Crippen molar-refractivity contribution < 1.29 is 0 Å². The molecule has 1 aromatic heterocycles. The third-order valence-electron chi connectivity index (χ3n) is 3.46. The van der Waals surface area contributed by atoms with Crippen LogP contribution in [0, 0.1) is 0 Å². The average molecular weight is 291 g/mol. The Morgan fingerprint density at radius 1 is 1.18 bits per heavy atom. The van der Waals surface area contributed by atoms with Gasteiger partial charge in [0, 0.05) is 16.2 Å². The zero-order valence-electron chi connectivity index (χ0n) is 9.64. The van der Waals surface area contributed by atoms with Crippen LogP contribution < -0.4 is 0 Å². The number of nitrogens with zero attached hydrogens (tertiary/aromatic N) is 2. The second kappa shape index (κ2) is 4.65. The van der Waals surface area contributed by atoms with Crippen LogP contribution in [-0.4, -0.2) is 9.78 Å². The Morgan fingerprint density at radius 2 is 2.00 bits per heavy atom. The molecule has 0 amide bonds. The van der Waals surface area contributed by atoms with E-state index in [-0.39, 0.29) is 0 Å². The summed E-state index contributed by atoms with van der Waals surface area (Å²) in [5, 5.41) is 4.51. The van der Waals surface area contributed by atoms with E-state index < -0.39 is 0 Å². The normalized spacial score (nSPS) is 16.5. The molecule has 0 unspecified atom stereocenters. The summed E-state index contributed by atoms with van der Waals surface area (Å²) in [6.45, 7) is 0. The highest BCUT2D eigenvalue weighted by molar-refractivity contribution is 9.10. The van der Waals surface area contributed by atoms with E-state index in [1.807, 2.05) is 12.3 Å². The molecule has 17 heavy (non-hydrogen) atoms. The lowest BCUT2D eigenvalue weighted by Crippen LogP contribution is -2.04. The molecule has 0 N–H and O–H groups in total. The minimum absolute atomic E-state index is 0.621. The standard InChI is InChI=1S/C14H15BrN2/c15-13-5-3-4-11(8-13)12-9-16-17(10-12)14-6-1-2-7-14/h3-5,8-10,14H,1-2,6-7H2.